The fraction of sp³-hybridized carbons (Fsp3) is 0.312. The zero-order valence-corrected chi connectivity index (χ0v) is 16.7. The molecule has 0 spiro atoms. The highest BCUT2D eigenvalue weighted by Gasteiger charge is 2.11. The molecule has 0 saturated heterocycles. The zero-order chi connectivity index (χ0) is 18.7. The molecule has 10 heteroatoms. The molecule has 7 nitrogen and oxygen atoms in total. The van der Waals surface area contributed by atoms with Crippen LogP contribution in [0.25, 0.3) is 4.96 Å². The van der Waals surface area contributed by atoms with Crippen LogP contribution in [0.2, 0.25) is 0 Å². The fourth-order valence-corrected chi connectivity index (χ4v) is 4.88. The normalized spacial score (nSPS) is 11.8. The summed E-state index contributed by atoms with van der Waals surface area (Å²) < 4.78 is 26.8. The van der Waals surface area contributed by atoms with Crippen LogP contribution in [-0.4, -0.2) is 29.3 Å². The zero-order valence-electron chi connectivity index (χ0n) is 14.3. The number of benzene rings is 1. The Morgan fingerprint density at radius 3 is 2.81 bits per heavy atom. The second-order valence-corrected chi connectivity index (χ2v) is 9.49. The highest BCUT2D eigenvalue weighted by molar-refractivity contribution is 7.98. The molecule has 26 heavy (non-hydrogen) atoms. The third kappa shape index (κ3) is 4.63. The Labute approximate surface area is 159 Å². The molecule has 0 bridgehead atoms. The minimum Gasteiger partial charge on any atom is -0.283 e. The average molecular weight is 411 g/mol. The smallest absolute Gasteiger partial charge is 0.275 e. The van der Waals surface area contributed by atoms with E-state index in [0.29, 0.717) is 22.1 Å². The number of aromatic nitrogens is 3. The van der Waals surface area contributed by atoms with Crippen molar-refractivity contribution in [3.63, 3.8) is 0 Å². The van der Waals surface area contributed by atoms with Gasteiger partial charge >= 0.3 is 0 Å². The van der Waals surface area contributed by atoms with Gasteiger partial charge in [0.2, 0.25) is 15.0 Å². The number of rotatable bonds is 7. The van der Waals surface area contributed by atoms with E-state index < -0.39 is 10.0 Å². The molecule has 0 fully saturated rings. The first-order valence-electron chi connectivity index (χ1n) is 7.94. The molecule has 0 radical (unpaired) electrons. The van der Waals surface area contributed by atoms with E-state index in [-0.39, 0.29) is 5.56 Å². The van der Waals surface area contributed by atoms with Crippen LogP contribution in [0.5, 0.6) is 0 Å². The molecule has 0 aliphatic heterocycles. The number of nitrogens with zero attached hydrogens (tertiary/aromatic N) is 3. The van der Waals surface area contributed by atoms with Crippen LogP contribution in [0.15, 0.2) is 40.0 Å². The summed E-state index contributed by atoms with van der Waals surface area (Å²) in [7, 11) is -3.36. The van der Waals surface area contributed by atoms with Crippen molar-refractivity contribution < 1.29 is 8.42 Å². The van der Waals surface area contributed by atoms with E-state index in [9.17, 15) is 13.2 Å². The van der Waals surface area contributed by atoms with E-state index in [0.717, 1.165) is 29.0 Å². The summed E-state index contributed by atoms with van der Waals surface area (Å²) in [5.74, 6) is 0.454. The summed E-state index contributed by atoms with van der Waals surface area (Å²) in [4.78, 5) is 18.1. The maximum Gasteiger partial charge on any atom is 0.275 e. The molecular formula is C16H18N4O3S3. The quantitative estimate of drug-likeness (QED) is 0.602. The Morgan fingerprint density at radius 1 is 1.31 bits per heavy atom. The number of fused-ring (bicyclic) bond motifs is 1. The topological polar surface area (TPSA) is 93.4 Å². The third-order valence-electron chi connectivity index (χ3n) is 3.36. The first-order valence-corrected chi connectivity index (χ1v) is 11.6. The second-order valence-electron chi connectivity index (χ2n) is 5.68. The van der Waals surface area contributed by atoms with Crippen LogP contribution in [0, 0.1) is 0 Å². The van der Waals surface area contributed by atoms with Crippen LogP contribution in [0.4, 0.5) is 5.69 Å². The molecule has 0 amide bonds. The van der Waals surface area contributed by atoms with Crippen molar-refractivity contribution in [1.82, 2.24) is 14.6 Å². The van der Waals surface area contributed by atoms with Crippen molar-refractivity contribution in [3.05, 3.63) is 51.4 Å². The summed E-state index contributed by atoms with van der Waals surface area (Å²) in [5, 5.41) is 5.19. The lowest BCUT2D eigenvalue weighted by atomic mass is 10.3. The lowest BCUT2D eigenvalue weighted by Crippen LogP contribution is -2.15. The molecule has 3 aromatic rings. The molecule has 0 saturated carbocycles. The van der Waals surface area contributed by atoms with Crippen molar-refractivity contribution in [1.29, 1.82) is 0 Å². The average Bonchev–Trinajstić information content (AvgIpc) is 2.96. The molecule has 0 atom stereocenters. The Kier molecular flexibility index (Phi) is 5.64. The van der Waals surface area contributed by atoms with Gasteiger partial charge in [0.05, 0.1) is 17.6 Å². The molecule has 1 N–H and O–H groups in total. The standard InChI is InChI=1S/C16H18N4O3S3/c1-3-6-14-18-20-15(21)9-11(17-16(20)25-14)10-24-13-8-5-4-7-12(13)19-26(2,22)23/h4-5,7-9,19H,3,6,10H2,1-2H3. The fourth-order valence-electron chi connectivity index (χ4n) is 2.31. The van der Waals surface area contributed by atoms with Gasteiger partial charge in [0.25, 0.3) is 5.56 Å². The van der Waals surface area contributed by atoms with Crippen molar-refractivity contribution in [3.8, 4) is 0 Å². The summed E-state index contributed by atoms with van der Waals surface area (Å²) in [6.45, 7) is 2.06. The number of thioether (sulfide) groups is 1. The van der Waals surface area contributed by atoms with Gasteiger partial charge in [-0.1, -0.05) is 30.4 Å². The Morgan fingerprint density at radius 2 is 2.08 bits per heavy atom. The lowest BCUT2D eigenvalue weighted by Gasteiger charge is -2.09. The van der Waals surface area contributed by atoms with E-state index in [1.165, 1.54) is 33.7 Å². The Balaban J connectivity index is 1.83. The molecule has 2 heterocycles. The lowest BCUT2D eigenvalue weighted by molar-refractivity contribution is 0.606. The van der Waals surface area contributed by atoms with Crippen molar-refractivity contribution in [2.75, 3.05) is 11.0 Å². The molecule has 2 aromatic heterocycles. The van der Waals surface area contributed by atoms with Gasteiger partial charge in [0.1, 0.15) is 5.01 Å². The summed E-state index contributed by atoms with van der Waals surface area (Å²) >= 11 is 2.84. The maximum atomic E-state index is 12.2. The number of sulfonamides is 1. The summed E-state index contributed by atoms with van der Waals surface area (Å²) in [5.41, 5.74) is 0.952. The largest absolute Gasteiger partial charge is 0.283 e. The van der Waals surface area contributed by atoms with Gasteiger partial charge in [-0.2, -0.15) is 9.61 Å². The molecule has 0 aliphatic carbocycles. The van der Waals surface area contributed by atoms with E-state index in [1.807, 2.05) is 12.1 Å². The first-order chi connectivity index (χ1) is 12.4. The van der Waals surface area contributed by atoms with Crippen molar-refractivity contribution in [2.45, 2.75) is 30.4 Å². The van der Waals surface area contributed by atoms with Crippen LogP contribution < -0.4 is 10.3 Å². The van der Waals surface area contributed by atoms with Gasteiger partial charge in [0, 0.05) is 23.1 Å². The molecular weight excluding hydrogens is 392 g/mol. The van der Waals surface area contributed by atoms with E-state index in [4.69, 9.17) is 0 Å². The molecule has 0 aliphatic rings. The number of hydrogen-bond acceptors (Lipinski definition) is 7. The number of para-hydroxylation sites is 1. The number of anilines is 1. The van der Waals surface area contributed by atoms with Gasteiger partial charge in [-0.3, -0.25) is 9.52 Å². The number of nitrogens with one attached hydrogen (secondary N) is 1. The first kappa shape index (κ1) is 18.9. The van der Waals surface area contributed by atoms with Gasteiger partial charge < -0.3 is 0 Å². The summed E-state index contributed by atoms with van der Waals surface area (Å²) in [6.07, 6.45) is 2.89. The minimum atomic E-state index is -3.36. The number of hydrogen-bond donors (Lipinski definition) is 1. The SMILES string of the molecule is CCCc1nn2c(=O)cc(CSc3ccccc3NS(C)(=O)=O)nc2s1. The number of aryl methyl sites for hydroxylation is 1. The van der Waals surface area contributed by atoms with Gasteiger partial charge in [-0.05, 0) is 18.6 Å². The van der Waals surface area contributed by atoms with Crippen LogP contribution in [0.1, 0.15) is 24.0 Å². The highest BCUT2D eigenvalue weighted by atomic mass is 32.2. The third-order valence-corrected chi connectivity index (χ3v) is 6.03. The van der Waals surface area contributed by atoms with E-state index in [1.54, 1.807) is 12.1 Å². The monoisotopic (exact) mass is 410 g/mol. The second kappa shape index (κ2) is 7.77. The maximum absolute atomic E-state index is 12.2. The van der Waals surface area contributed by atoms with Gasteiger partial charge in [-0.15, -0.1) is 11.8 Å². The van der Waals surface area contributed by atoms with Crippen LogP contribution in [-0.2, 0) is 22.2 Å². The molecule has 138 valence electrons. The van der Waals surface area contributed by atoms with Crippen LogP contribution in [0.3, 0.4) is 0 Å². The molecule has 0 unspecified atom stereocenters. The van der Waals surface area contributed by atoms with Gasteiger partial charge in [0.15, 0.2) is 0 Å². The van der Waals surface area contributed by atoms with Crippen molar-refractivity contribution >= 4 is 43.8 Å². The minimum absolute atomic E-state index is 0.202. The van der Waals surface area contributed by atoms with Gasteiger partial charge in [-0.25, -0.2) is 13.4 Å². The Bertz CT molecular complexity index is 1090. The predicted molar refractivity (Wildman–Crippen MR) is 106 cm³/mol. The van der Waals surface area contributed by atoms with E-state index >= 15 is 0 Å². The highest BCUT2D eigenvalue weighted by Crippen LogP contribution is 2.30. The van der Waals surface area contributed by atoms with Crippen LogP contribution >= 0.6 is 23.1 Å². The Hall–Kier alpha value is -1.91. The summed E-state index contributed by atoms with van der Waals surface area (Å²) in [6, 6.07) is 8.61. The molecule has 3 rings (SSSR count). The van der Waals surface area contributed by atoms with E-state index in [2.05, 4.69) is 21.7 Å². The van der Waals surface area contributed by atoms with Crippen molar-refractivity contribution in [2.24, 2.45) is 0 Å². The molecule has 1 aromatic carbocycles. The predicted octanol–water partition coefficient (Wildman–Crippen LogP) is 2.77.